The number of rotatable bonds is 1. The fraction of sp³-hybridized carbons (Fsp3) is 0.467. The molecule has 2 aliphatic heterocycles. The number of hydrogen-bond acceptors (Lipinski definition) is 2. The number of likely N-dealkylation sites (N-methyl/N-ethyl adjacent to an activating group) is 1. The highest BCUT2D eigenvalue weighted by Gasteiger charge is 2.37. The van der Waals surface area contributed by atoms with Crippen molar-refractivity contribution in [1.29, 1.82) is 0 Å². The average Bonchev–Trinajstić information content (AvgIpc) is 2.37. The first-order chi connectivity index (χ1) is 9.47. The molecule has 0 saturated carbocycles. The van der Waals surface area contributed by atoms with Crippen molar-refractivity contribution >= 4 is 5.57 Å². The van der Waals surface area contributed by atoms with Crippen molar-refractivity contribution in [3.8, 4) is 0 Å². The predicted molar refractivity (Wildman–Crippen MR) is 70.2 cm³/mol. The third kappa shape index (κ3) is 2.36. The van der Waals surface area contributed by atoms with Gasteiger partial charge in [-0.1, -0.05) is 24.3 Å². The van der Waals surface area contributed by atoms with E-state index in [1.165, 1.54) is 6.07 Å². The van der Waals surface area contributed by atoms with Gasteiger partial charge in [-0.05, 0) is 30.7 Å². The molecule has 5 heteroatoms. The van der Waals surface area contributed by atoms with Crippen molar-refractivity contribution in [1.82, 2.24) is 4.90 Å². The van der Waals surface area contributed by atoms with Crippen LogP contribution in [0, 0.1) is 0 Å². The normalized spacial score (nSPS) is 27.3. The van der Waals surface area contributed by atoms with Gasteiger partial charge in [0.1, 0.15) is 0 Å². The average molecular weight is 283 g/mol. The lowest BCUT2D eigenvalue weighted by Gasteiger charge is -2.42. The monoisotopic (exact) mass is 283 g/mol. The number of nitrogens with zero attached hydrogens (tertiary/aromatic N) is 1. The molecule has 2 bridgehead atoms. The lowest BCUT2D eigenvalue weighted by Crippen LogP contribution is -2.51. The SMILES string of the molecule is CN1C2C=C(c3ccccc3C(F)(F)F)CC1COC2. The summed E-state index contributed by atoms with van der Waals surface area (Å²) in [6.45, 7) is 1.13. The Morgan fingerprint density at radius 2 is 1.95 bits per heavy atom. The second kappa shape index (κ2) is 4.90. The Labute approximate surface area is 115 Å². The molecule has 2 atom stereocenters. The predicted octanol–water partition coefficient (Wildman–Crippen LogP) is 3.19. The van der Waals surface area contributed by atoms with Gasteiger partial charge in [-0.15, -0.1) is 0 Å². The molecule has 0 N–H and O–H groups in total. The Bertz CT molecular complexity index is 538. The van der Waals surface area contributed by atoms with Crippen LogP contribution in [0.25, 0.3) is 5.57 Å². The molecule has 2 aliphatic rings. The molecule has 1 fully saturated rings. The van der Waals surface area contributed by atoms with E-state index in [1.807, 2.05) is 13.1 Å². The maximum Gasteiger partial charge on any atom is 0.416 e. The van der Waals surface area contributed by atoms with Crippen molar-refractivity contribution in [2.45, 2.75) is 24.7 Å². The van der Waals surface area contributed by atoms with Gasteiger partial charge in [0.05, 0.1) is 24.8 Å². The van der Waals surface area contributed by atoms with E-state index >= 15 is 0 Å². The van der Waals surface area contributed by atoms with Crippen LogP contribution in [0.2, 0.25) is 0 Å². The van der Waals surface area contributed by atoms with Crippen LogP contribution < -0.4 is 0 Å². The summed E-state index contributed by atoms with van der Waals surface area (Å²) >= 11 is 0. The molecule has 2 unspecified atom stereocenters. The lowest BCUT2D eigenvalue weighted by molar-refractivity contribution is -0.137. The number of ether oxygens (including phenoxy) is 1. The number of fused-ring (bicyclic) bond motifs is 2. The van der Waals surface area contributed by atoms with Crippen LogP contribution in [0.5, 0.6) is 0 Å². The third-order valence-electron chi connectivity index (χ3n) is 4.13. The van der Waals surface area contributed by atoms with E-state index in [1.54, 1.807) is 12.1 Å². The highest BCUT2D eigenvalue weighted by atomic mass is 19.4. The van der Waals surface area contributed by atoms with Crippen molar-refractivity contribution < 1.29 is 17.9 Å². The van der Waals surface area contributed by atoms with Gasteiger partial charge in [0, 0.05) is 6.04 Å². The standard InChI is InChI=1S/C15H16F3NO/c1-19-11-6-10(7-12(19)9-20-8-11)13-4-2-3-5-14(13)15(16,17)18/h2-6,11-12H,7-9H2,1H3. The van der Waals surface area contributed by atoms with Gasteiger partial charge in [-0.2, -0.15) is 13.2 Å². The first-order valence-electron chi connectivity index (χ1n) is 6.64. The van der Waals surface area contributed by atoms with E-state index in [-0.39, 0.29) is 12.1 Å². The summed E-state index contributed by atoms with van der Waals surface area (Å²) in [5.41, 5.74) is 0.550. The first kappa shape index (κ1) is 13.6. The van der Waals surface area contributed by atoms with Crippen LogP contribution in [0.1, 0.15) is 17.5 Å². The fourth-order valence-electron chi connectivity index (χ4n) is 2.96. The van der Waals surface area contributed by atoms with Crippen molar-refractivity contribution in [3.05, 3.63) is 41.5 Å². The topological polar surface area (TPSA) is 12.5 Å². The zero-order chi connectivity index (χ0) is 14.3. The van der Waals surface area contributed by atoms with Crippen LogP contribution in [0.15, 0.2) is 30.3 Å². The second-order valence-electron chi connectivity index (χ2n) is 5.36. The molecule has 1 aromatic carbocycles. The molecule has 0 aromatic heterocycles. The summed E-state index contributed by atoms with van der Waals surface area (Å²) in [7, 11) is 2.00. The number of morpholine rings is 1. The highest BCUT2D eigenvalue weighted by molar-refractivity contribution is 5.70. The molecule has 2 heterocycles. The smallest absolute Gasteiger partial charge is 0.378 e. The number of hydrogen-bond donors (Lipinski definition) is 0. The Balaban J connectivity index is 2.02. The molecule has 1 saturated heterocycles. The summed E-state index contributed by atoms with van der Waals surface area (Å²) < 4.78 is 44.8. The Morgan fingerprint density at radius 1 is 1.20 bits per heavy atom. The molecular weight excluding hydrogens is 267 g/mol. The minimum Gasteiger partial charge on any atom is -0.378 e. The molecule has 0 spiro atoms. The maximum atomic E-state index is 13.1. The van der Waals surface area contributed by atoms with E-state index in [4.69, 9.17) is 4.74 Å². The number of halogens is 3. The van der Waals surface area contributed by atoms with Crippen molar-refractivity contribution in [2.75, 3.05) is 20.3 Å². The molecule has 0 radical (unpaired) electrons. The summed E-state index contributed by atoms with van der Waals surface area (Å²) in [6, 6.07) is 6.05. The minimum atomic E-state index is -4.31. The maximum absolute atomic E-state index is 13.1. The molecule has 0 aliphatic carbocycles. The van der Waals surface area contributed by atoms with Gasteiger partial charge in [0.2, 0.25) is 0 Å². The van der Waals surface area contributed by atoms with Crippen LogP contribution in [-0.2, 0) is 10.9 Å². The van der Waals surface area contributed by atoms with E-state index in [0.29, 0.717) is 25.2 Å². The van der Waals surface area contributed by atoms with Gasteiger partial charge in [-0.25, -0.2) is 0 Å². The molecule has 3 rings (SSSR count). The van der Waals surface area contributed by atoms with Gasteiger partial charge < -0.3 is 4.74 Å². The Kier molecular flexibility index (Phi) is 3.34. The van der Waals surface area contributed by atoms with Crippen LogP contribution in [0.3, 0.4) is 0 Å². The fourth-order valence-corrected chi connectivity index (χ4v) is 2.96. The second-order valence-corrected chi connectivity index (χ2v) is 5.36. The van der Waals surface area contributed by atoms with Gasteiger partial charge >= 0.3 is 6.18 Å². The largest absolute Gasteiger partial charge is 0.416 e. The summed E-state index contributed by atoms with van der Waals surface area (Å²) in [4.78, 5) is 2.18. The van der Waals surface area contributed by atoms with Gasteiger partial charge in [0.25, 0.3) is 0 Å². The zero-order valence-electron chi connectivity index (χ0n) is 11.2. The molecule has 2 nitrogen and oxygen atoms in total. The van der Waals surface area contributed by atoms with E-state index < -0.39 is 11.7 Å². The quantitative estimate of drug-likeness (QED) is 0.785. The molecular formula is C15H16F3NO. The lowest BCUT2D eigenvalue weighted by atomic mass is 9.88. The highest BCUT2D eigenvalue weighted by Crippen LogP contribution is 2.39. The number of alkyl halides is 3. The van der Waals surface area contributed by atoms with E-state index in [2.05, 4.69) is 4.90 Å². The summed E-state index contributed by atoms with van der Waals surface area (Å²) in [5, 5.41) is 0. The van der Waals surface area contributed by atoms with Crippen molar-refractivity contribution in [3.63, 3.8) is 0 Å². The van der Waals surface area contributed by atoms with Crippen LogP contribution in [-0.4, -0.2) is 37.2 Å². The molecule has 108 valence electrons. The van der Waals surface area contributed by atoms with Crippen molar-refractivity contribution in [2.24, 2.45) is 0 Å². The summed E-state index contributed by atoms with van der Waals surface area (Å²) in [5.74, 6) is 0. The van der Waals surface area contributed by atoms with E-state index in [9.17, 15) is 13.2 Å². The van der Waals surface area contributed by atoms with E-state index in [0.717, 1.165) is 11.6 Å². The zero-order valence-corrected chi connectivity index (χ0v) is 11.2. The summed E-state index contributed by atoms with van der Waals surface area (Å²) in [6.07, 6.45) is -1.80. The molecule has 20 heavy (non-hydrogen) atoms. The Morgan fingerprint density at radius 3 is 2.65 bits per heavy atom. The Hall–Kier alpha value is -1.33. The first-order valence-corrected chi connectivity index (χ1v) is 6.64. The van der Waals surface area contributed by atoms with Crippen LogP contribution in [0.4, 0.5) is 13.2 Å². The number of benzene rings is 1. The third-order valence-corrected chi connectivity index (χ3v) is 4.13. The van der Waals surface area contributed by atoms with Gasteiger partial charge in [0.15, 0.2) is 0 Å². The minimum absolute atomic E-state index is 0.0683. The van der Waals surface area contributed by atoms with Gasteiger partial charge in [-0.3, -0.25) is 4.90 Å². The van der Waals surface area contributed by atoms with Crippen LogP contribution >= 0.6 is 0 Å². The molecule has 0 amide bonds. The molecule has 1 aromatic rings.